The molecule has 30 heavy (non-hydrogen) atoms. The molecule has 6 nitrogen and oxygen atoms in total. The Kier molecular flexibility index (Phi) is 6.03. The summed E-state index contributed by atoms with van der Waals surface area (Å²) in [6, 6.07) is 12.3. The number of rotatable bonds is 6. The van der Waals surface area contributed by atoms with Gasteiger partial charge in [0, 0.05) is 5.56 Å². The van der Waals surface area contributed by atoms with Crippen molar-refractivity contribution in [2.75, 3.05) is 11.6 Å². The molecule has 1 heterocycles. The third-order valence-electron chi connectivity index (χ3n) is 5.35. The van der Waals surface area contributed by atoms with Crippen molar-refractivity contribution in [1.82, 2.24) is 20.2 Å². The number of nitrogen functional groups attached to an aromatic ring is 1. The molecule has 0 bridgehead atoms. The van der Waals surface area contributed by atoms with E-state index in [9.17, 15) is 9.18 Å². The van der Waals surface area contributed by atoms with E-state index < -0.39 is 0 Å². The van der Waals surface area contributed by atoms with Gasteiger partial charge in [0.25, 0.3) is 0 Å². The summed E-state index contributed by atoms with van der Waals surface area (Å²) in [4.78, 5) is 12.4. The predicted octanol–water partition coefficient (Wildman–Crippen LogP) is 3.65. The van der Waals surface area contributed by atoms with Gasteiger partial charge < -0.3 is 11.2 Å². The van der Waals surface area contributed by atoms with Crippen LogP contribution in [0.1, 0.15) is 42.5 Å². The fraction of sp³-hybridized carbons (Fsp3) is 0.318. The van der Waals surface area contributed by atoms with Crippen LogP contribution in [0.4, 0.5) is 4.39 Å². The molecule has 3 aromatic rings. The highest BCUT2D eigenvalue weighted by Crippen LogP contribution is 2.25. The summed E-state index contributed by atoms with van der Waals surface area (Å²) in [5.41, 5.74) is 4.61. The van der Waals surface area contributed by atoms with Gasteiger partial charge in [-0.3, -0.25) is 4.79 Å². The Bertz CT molecular complexity index is 1050. The number of aryl methyl sites for hydroxylation is 2. The van der Waals surface area contributed by atoms with Crippen molar-refractivity contribution >= 4 is 17.7 Å². The first-order valence-corrected chi connectivity index (χ1v) is 11.0. The minimum atomic E-state index is -0.332. The number of fused-ring (bicyclic) bond motifs is 1. The second-order valence-corrected chi connectivity index (χ2v) is 8.44. The summed E-state index contributed by atoms with van der Waals surface area (Å²) < 4.78 is 14.4. The maximum Gasteiger partial charge on any atom is 0.230 e. The number of nitrogens with one attached hydrogen (secondary N) is 1. The minimum Gasteiger partial charge on any atom is -0.349 e. The summed E-state index contributed by atoms with van der Waals surface area (Å²) in [6.07, 6.45) is 4.74. The molecule has 3 N–H and O–H groups in total. The smallest absolute Gasteiger partial charge is 0.230 e. The van der Waals surface area contributed by atoms with Crippen molar-refractivity contribution in [2.24, 2.45) is 0 Å². The minimum absolute atomic E-state index is 0.0733. The first kappa shape index (κ1) is 20.4. The highest BCUT2D eigenvalue weighted by atomic mass is 32.2. The zero-order chi connectivity index (χ0) is 21.1. The van der Waals surface area contributed by atoms with Crippen molar-refractivity contribution in [3.8, 4) is 11.4 Å². The SMILES string of the molecule is CC(NC(=O)CSc1nnc(-c2ccc(F)cc2)n1N)c1ccc2c(c1)CCCC2. The second kappa shape index (κ2) is 8.87. The molecule has 0 saturated heterocycles. The second-order valence-electron chi connectivity index (χ2n) is 7.50. The molecule has 1 amide bonds. The number of hydrogen-bond donors (Lipinski definition) is 2. The number of benzene rings is 2. The van der Waals surface area contributed by atoms with Gasteiger partial charge in [-0.25, -0.2) is 9.07 Å². The molecule has 156 valence electrons. The first-order valence-electron chi connectivity index (χ1n) is 10.0. The Morgan fingerprint density at radius 1 is 1.17 bits per heavy atom. The molecule has 1 aromatic heterocycles. The Morgan fingerprint density at radius 2 is 1.90 bits per heavy atom. The number of nitrogens with two attached hydrogens (primary N) is 1. The van der Waals surface area contributed by atoms with Gasteiger partial charge in [0.05, 0.1) is 11.8 Å². The van der Waals surface area contributed by atoms with Gasteiger partial charge in [-0.05, 0) is 73.6 Å². The maximum absolute atomic E-state index is 13.1. The number of thioether (sulfide) groups is 1. The number of carbonyl (C=O) groups is 1. The number of carbonyl (C=O) groups excluding carboxylic acids is 1. The van der Waals surface area contributed by atoms with Gasteiger partial charge in [-0.15, -0.1) is 10.2 Å². The van der Waals surface area contributed by atoms with Gasteiger partial charge in [0.1, 0.15) is 5.82 Å². The van der Waals surface area contributed by atoms with Gasteiger partial charge in [0.15, 0.2) is 5.82 Å². The fourth-order valence-electron chi connectivity index (χ4n) is 3.69. The number of halogens is 1. The monoisotopic (exact) mass is 425 g/mol. The standard InChI is InChI=1S/C22H24FN5OS/c1-14(17-7-6-15-4-2-3-5-18(15)12-17)25-20(29)13-30-22-27-26-21(28(22)24)16-8-10-19(23)11-9-16/h6-12,14H,2-5,13,24H2,1H3,(H,25,29). The topological polar surface area (TPSA) is 85.8 Å². The number of aromatic nitrogens is 3. The maximum atomic E-state index is 13.1. The Balaban J connectivity index is 1.35. The molecule has 0 radical (unpaired) electrons. The average Bonchev–Trinajstić information content (AvgIpc) is 3.12. The van der Waals surface area contributed by atoms with Gasteiger partial charge in [-0.1, -0.05) is 30.0 Å². The van der Waals surface area contributed by atoms with E-state index in [1.807, 2.05) is 6.92 Å². The van der Waals surface area contributed by atoms with Crippen molar-refractivity contribution in [1.29, 1.82) is 0 Å². The van der Waals surface area contributed by atoms with Crippen LogP contribution in [0.2, 0.25) is 0 Å². The summed E-state index contributed by atoms with van der Waals surface area (Å²) in [5, 5.41) is 11.6. The lowest BCUT2D eigenvalue weighted by molar-refractivity contribution is -0.119. The van der Waals surface area contributed by atoms with E-state index in [0.29, 0.717) is 16.5 Å². The third kappa shape index (κ3) is 4.48. The quantitative estimate of drug-likeness (QED) is 0.465. The van der Waals surface area contributed by atoms with E-state index in [1.54, 1.807) is 12.1 Å². The van der Waals surface area contributed by atoms with E-state index in [2.05, 4.69) is 33.7 Å². The lowest BCUT2D eigenvalue weighted by Gasteiger charge is -2.20. The normalized spacial score (nSPS) is 14.2. The van der Waals surface area contributed by atoms with Crippen molar-refractivity contribution < 1.29 is 9.18 Å². The highest BCUT2D eigenvalue weighted by Gasteiger charge is 2.17. The molecule has 0 spiro atoms. The van der Waals surface area contributed by atoms with Gasteiger partial charge in [-0.2, -0.15) is 0 Å². The highest BCUT2D eigenvalue weighted by molar-refractivity contribution is 7.99. The van der Waals surface area contributed by atoms with Crippen molar-refractivity contribution in [2.45, 2.75) is 43.8 Å². The zero-order valence-corrected chi connectivity index (χ0v) is 17.6. The van der Waals surface area contributed by atoms with Crippen LogP contribution in [0.25, 0.3) is 11.4 Å². The number of hydrogen-bond acceptors (Lipinski definition) is 5. The first-order chi connectivity index (χ1) is 14.5. The van der Waals surface area contributed by atoms with Crippen LogP contribution in [0, 0.1) is 5.82 Å². The Morgan fingerprint density at radius 3 is 2.67 bits per heavy atom. The van der Waals surface area contributed by atoms with E-state index in [-0.39, 0.29) is 23.5 Å². The van der Waals surface area contributed by atoms with E-state index >= 15 is 0 Å². The van der Waals surface area contributed by atoms with E-state index in [4.69, 9.17) is 5.84 Å². The lowest BCUT2D eigenvalue weighted by Crippen LogP contribution is -2.28. The molecule has 0 saturated carbocycles. The summed E-state index contributed by atoms with van der Waals surface area (Å²) in [6.45, 7) is 1.99. The molecular formula is C22H24FN5OS. The van der Waals surface area contributed by atoms with E-state index in [1.165, 1.54) is 52.5 Å². The van der Waals surface area contributed by atoms with Crippen LogP contribution in [-0.4, -0.2) is 26.5 Å². The lowest BCUT2D eigenvalue weighted by atomic mass is 9.89. The fourth-order valence-corrected chi connectivity index (χ4v) is 4.36. The largest absolute Gasteiger partial charge is 0.349 e. The molecule has 8 heteroatoms. The molecule has 1 atom stereocenters. The van der Waals surface area contributed by atoms with Crippen LogP contribution in [0.5, 0.6) is 0 Å². The number of amides is 1. The summed E-state index contributed by atoms with van der Waals surface area (Å²) >= 11 is 1.21. The average molecular weight is 426 g/mol. The molecular weight excluding hydrogens is 401 g/mol. The van der Waals surface area contributed by atoms with Gasteiger partial charge >= 0.3 is 0 Å². The van der Waals surface area contributed by atoms with Crippen LogP contribution >= 0.6 is 11.8 Å². The van der Waals surface area contributed by atoms with Crippen molar-refractivity contribution in [3.63, 3.8) is 0 Å². The molecule has 2 aromatic carbocycles. The molecule has 1 unspecified atom stereocenters. The van der Waals surface area contributed by atoms with Crippen LogP contribution in [-0.2, 0) is 17.6 Å². The molecule has 4 rings (SSSR count). The number of nitrogens with zero attached hydrogens (tertiary/aromatic N) is 3. The molecule has 1 aliphatic carbocycles. The zero-order valence-electron chi connectivity index (χ0n) is 16.8. The summed E-state index contributed by atoms with van der Waals surface area (Å²) in [5.74, 6) is 6.22. The molecule has 0 aliphatic heterocycles. The van der Waals surface area contributed by atoms with Gasteiger partial charge in [0.2, 0.25) is 11.1 Å². The van der Waals surface area contributed by atoms with E-state index in [0.717, 1.165) is 18.4 Å². The van der Waals surface area contributed by atoms with Crippen LogP contribution < -0.4 is 11.2 Å². The Hall–Kier alpha value is -2.87. The third-order valence-corrected chi connectivity index (χ3v) is 6.29. The van der Waals surface area contributed by atoms with Crippen LogP contribution in [0.15, 0.2) is 47.6 Å². The Labute approximate surface area is 179 Å². The molecule has 1 aliphatic rings. The predicted molar refractivity (Wildman–Crippen MR) is 116 cm³/mol. The molecule has 0 fully saturated rings. The van der Waals surface area contributed by atoms with Crippen LogP contribution in [0.3, 0.4) is 0 Å². The summed E-state index contributed by atoms with van der Waals surface area (Å²) in [7, 11) is 0. The van der Waals surface area contributed by atoms with Crippen molar-refractivity contribution in [3.05, 3.63) is 65.0 Å².